The van der Waals surface area contributed by atoms with Crippen LogP contribution in [0.5, 0.6) is 0 Å². The summed E-state index contributed by atoms with van der Waals surface area (Å²) in [7, 11) is 2.02. The van der Waals surface area contributed by atoms with E-state index < -0.39 is 0 Å². The van der Waals surface area contributed by atoms with Gasteiger partial charge in [-0.1, -0.05) is 35.5 Å². The van der Waals surface area contributed by atoms with E-state index in [0.717, 1.165) is 53.6 Å². The zero-order valence-electron chi connectivity index (χ0n) is 16.8. The van der Waals surface area contributed by atoms with Crippen LogP contribution in [0.1, 0.15) is 34.7 Å². The molecule has 1 fully saturated rings. The number of fused-ring (bicyclic) bond motifs is 1. The lowest BCUT2D eigenvalue weighted by atomic mass is 10.1. The first-order valence-corrected chi connectivity index (χ1v) is 11.0. The Morgan fingerprint density at radius 3 is 2.80 bits per heavy atom. The van der Waals surface area contributed by atoms with Gasteiger partial charge in [-0.25, -0.2) is 4.98 Å². The number of likely N-dealkylation sites (tertiary alicyclic amines) is 1. The van der Waals surface area contributed by atoms with Crippen LogP contribution in [0.2, 0.25) is 0 Å². The molecule has 0 spiro atoms. The average molecular weight is 422 g/mol. The summed E-state index contributed by atoms with van der Waals surface area (Å²) >= 11 is 1.55. The van der Waals surface area contributed by atoms with Crippen molar-refractivity contribution < 1.29 is 9.32 Å². The van der Waals surface area contributed by atoms with Gasteiger partial charge in [-0.2, -0.15) is 0 Å². The number of rotatable bonds is 6. The number of aromatic nitrogens is 3. The normalized spacial score (nSPS) is 14.3. The van der Waals surface area contributed by atoms with Crippen LogP contribution in [0, 0.1) is 0 Å². The SMILES string of the molecule is CN(Cc1cc(-c2ccccc2)on1)Cc1c(C(=O)N2CCCC2)nc2sccn12. The molecule has 5 rings (SSSR count). The molecule has 1 aliphatic heterocycles. The molecule has 0 N–H and O–H groups in total. The Labute approximate surface area is 178 Å². The zero-order valence-corrected chi connectivity index (χ0v) is 17.6. The van der Waals surface area contributed by atoms with Crippen molar-refractivity contribution >= 4 is 22.2 Å². The standard InChI is InChI=1S/C22H23N5O2S/c1-25(14-17-13-19(29-24-17)16-7-3-2-4-8-16)15-18-20(21(28)26-9-5-6-10-26)23-22-27(18)11-12-30-22/h2-4,7-8,11-13H,5-6,9-10,14-15H2,1H3. The van der Waals surface area contributed by atoms with E-state index in [1.807, 2.05) is 64.3 Å². The molecule has 1 aromatic carbocycles. The Morgan fingerprint density at radius 1 is 1.20 bits per heavy atom. The van der Waals surface area contributed by atoms with Gasteiger partial charge >= 0.3 is 0 Å². The quantitative estimate of drug-likeness (QED) is 0.472. The van der Waals surface area contributed by atoms with Crippen molar-refractivity contribution in [3.05, 3.63) is 65.1 Å². The number of hydrogen-bond acceptors (Lipinski definition) is 6. The van der Waals surface area contributed by atoms with E-state index in [2.05, 4.69) is 15.0 Å². The Morgan fingerprint density at radius 2 is 2.00 bits per heavy atom. The minimum Gasteiger partial charge on any atom is -0.356 e. The molecule has 30 heavy (non-hydrogen) atoms. The summed E-state index contributed by atoms with van der Waals surface area (Å²) in [6.45, 7) is 2.85. The summed E-state index contributed by atoms with van der Waals surface area (Å²) in [6.07, 6.45) is 4.12. The Balaban J connectivity index is 1.35. The van der Waals surface area contributed by atoms with Gasteiger partial charge in [-0.05, 0) is 19.9 Å². The van der Waals surface area contributed by atoms with E-state index in [4.69, 9.17) is 4.52 Å². The number of nitrogens with zero attached hydrogens (tertiary/aromatic N) is 5. The van der Waals surface area contributed by atoms with Crippen molar-refractivity contribution in [1.29, 1.82) is 0 Å². The van der Waals surface area contributed by atoms with Crippen molar-refractivity contribution in [2.75, 3.05) is 20.1 Å². The Hall–Kier alpha value is -2.97. The Kier molecular flexibility index (Phi) is 5.10. The molecule has 7 nitrogen and oxygen atoms in total. The van der Waals surface area contributed by atoms with Crippen molar-refractivity contribution in [2.24, 2.45) is 0 Å². The number of hydrogen-bond donors (Lipinski definition) is 0. The molecule has 4 aromatic rings. The molecular formula is C22H23N5O2S. The molecular weight excluding hydrogens is 398 g/mol. The van der Waals surface area contributed by atoms with Crippen LogP contribution >= 0.6 is 11.3 Å². The number of imidazole rings is 1. The summed E-state index contributed by atoms with van der Waals surface area (Å²) < 4.78 is 7.55. The number of amides is 1. The lowest BCUT2D eigenvalue weighted by Gasteiger charge is -2.18. The van der Waals surface area contributed by atoms with Crippen LogP contribution in [0.25, 0.3) is 16.3 Å². The Bertz CT molecular complexity index is 1160. The van der Waals surface area contributed by atoms with E-state index in [9.17, 15) is 4.79 Å². The van der Waals surface area contributed by atoms with E-state index in [1.165, 1.54) is 0 Å². The third-order valence-corrected chi connectivity index (χ3v) is 6.18. The number of carbonyl (C=O) groups excluding carboxylic acids is 1. The highest BCUT2D eigenvalue weighted by Gasteiger charge is 2.27. The lowest BCUT2D eigenvalue weighted by Crippen LogP contribution is -2.30. The average Bonchev–Trinajstić information content (AvgIpc) is 3.54. The molecule has 0 atom stereocenters. The van der Waals surface area contributed by atoms with E-state index in [1.54, 1.807) is 11.3 Å². The first kappa shape index (κ1) is 19.0. The van der Waals surface area contributed by atoms with Gasteiger partial charge in [0.25, 0.3) is 5.91 Å². The molecule has 0 bridgehead atoms. The van der Waals surface area contributed by atoms with Crippen LogP contribution in [0.3, 0.4) is 0 Å². The van der Waals surface area contributed by atoms with Crippen LogP contribution in [0.4, 0.5) is 0 Å². The van der Waals surface area contributed by atoms with Gasteiger partial charge in [0.1, 0.15) is 0 Å². The van der Waals surface area contributed by atoms with E-state index in [0.29, 0.717) is 18.8 Å². The van der Waals surface area contributed by atoms with Gasteiger partial charge in [-0.3, -0.25) is 14.1 Å². The van der Waals surface area contributed by atoms with Crippen LogP contribution in [0.15, 0.2) is 52.5 Å². The number of carbonyl (C=O) groups is 1. The molecule has 3 aromatic heterocycles. The number of benzene rings is 1. The minimum atomic E-state index is 0.0413. The van der Waals surface area contributed by atoms with E-state index >= 15 is 0 Å². The molecule has 1 amide bonds. The fraction of sp³-hybridized carbons (Fsp3) is 0.318. The molecule has 0 saturated carbocycles. The molecule has 154 valence electrons. The van der Waals surface area contributed by atoms with Crippen LogP contribution in [-0.2, 0) is 13.1 Å². The topological polar surface area (TPSA) is 66.9 Å². The monoisotopic (exact) mass is 421 g/mol. The smallest absolute Gasteiger partial charge is 0.274 e. The van der Waals surface area contributed by atoms with Gasteiger partial charge in [0.15, 0.2) is 16.4 Å². The lowest BCUT2D eigenvalue weighted by molar-refractivity contribution is 0.0785. The summed E-state index contributed by atoms with van der Waals surface area (Å²) in [5.74, 6) is 0.799. The second-order valence-corrected chi connectivity index (χ2v) is 8.56. The molecule has 0 aliphatic carbocycles. The molecule has 8 heteroatoms. The van der Waals surface area contributed by atoms with E-state index in [-0.39, 0.29) is 5.91 Å². The number of thiazole rings is 1. The maximum absolute atomic E-state index is 13.0. The van der Waals surface area contributed by atoms with Gasteiger partial charge < -0.3 is 9.42 Å². The highest BCUT2D eigenvalue weighted by atomic mass is 32.1. The van der Waals surface area contributed by atoms with Crippen molar-refractivity contribution in [2.45, 2.75) is 25.9 Å². The molecule has 0 unspecified atom stereocenters. The van der Waals surface area contributed by atoms with Crippen LogP contribution in [-0.4, -0.2) is 50.4 Å². The predicted octanol–water partition coefficient (Wildman–Crippen LogP) is 3.92. The second kappa shape index (κ2) is 8.04. The third kappa shape index (κ3) is 3.64. The summed E-state index contributed by atoms with van der Waals surface area (Å²) in [4.78, 5) is 22.6. The first-order valence-electron chi connectivity index (χ1n) is 10.1. The fourth-order valence-electron chi connectivity index (χ4n) is 3.94. The first-order chi connectivity index (χ1) is 14.7. The van der Waals surface area contributed by atoms with Crippen molar-refractivity contribution in [1.82, 2.24) is 24.3 Å². The van der Waals surface area contributed by atoms with Crippen molar-refractivity contribution in [3.8, 4) is 11.3 Å². The van der Waals surface area contributed by atoms with Gasteiger partial charge in [-0.15, -0.1) is 11.3 Å². The molecule has 1 saturated heterocycles. The summed E-state index contributed by atoms with van der Waals surface area (Å²) in [6, 6.07) is 11.9. The highest BCUT2D eigenvalue weighted by Crippen LogP contribution is 2.24. The fourth-order valence-corrected chi connectivity index (χ4v) is 4.67. The molecule has 4 heterocycles. The zero-order chi connectivity index (χ0) is 20.5. The maximum Gasteiger partial charge on any atom is 0.274 e. The summed E-state index contributed by atoms with van der Waals surface area (Å²) in [5.41, 5.74) is 3.36. The van der Waals surface area contributed by atoms with Gasteiger partial charge in [0.05, 0.1) is 11.4 Å². The largest absolute Gasteiger partial charge is 0.356 e. The van der Waals surface area contributed by atoms with Crippen LogP contribution < -0.4 is 0 Å². The third-order valence-electron chi connectivity index (χ3n) is 5.43. The summed E-state index contributed by atoms with van der Waals surface area (Å²) in [5, 5.41) is 6.22. The minimum absolute atomic E-state index is 0.0413. The predicted molar refractivity (Wildman–Crippen MR) is 115 cm³/mol. The van der Waals surface area contributed by atoms with Crippen molar-refractivity contribution in [3.63, 3.8) is 0 Å². The van der Waals surface area contributed by atoms with Gasteiger partial charge in [0.2, 0.25) is 0 Å². The maximum atomic E-state index is 13.0. The molecule has 1 aliphatic rings. The van der Waals surface area contributed by atoms with Gasteiger partial charge in [0, 0.05) is 49.4 Å². The second-order valence-electron chi connectivity index (χ2n) is 7.68. The highest BCUT2D eigenvalue weighted by molar-refractivity contribution is 7.15. The molecule has 0 radical (unpaired) electrons.